The quantitative estimate of drug-likeness (QED) is 0.634. The molecule has 0 bridgehead atoms. The number of carbonyl (C=O) groups is 1. The van der Waals surface area contributed by atoms with Gasteiger partial charge in [0.15, 0.2) is 5.78 Å². The van der Waals surface area contributed by atoms with E-state index >= 15 is 0 Å². The molecule has 0 aliphatic heterocycles. The van der Waals surface area contributed by atoms with E-state index in [9.17, 15) is 4.79 Å². The van der Waals surface area contributed by atoms with Crippen LogP contribution < -0.4 is 0 Å². The van der Waals surface area contributed by atoms with E-state index in [1.807, 2.05) is 6.07 Å². The lowest BCUT2D eigenvalue weighted by molar-refractivity contribution is 0.0989. The van der Waals surface area contributed by atoms with E-state index in [-0.39, 0.29) is 5.78 Å². The fourth-order valence-corrected chi connectivity index (χ4v) is 1.79. The zero-order valence-electron chi connectivity index (χ0n) is 7.26. The zero-order valence-corrected chi connectivity index (χ0v) is 10.4. The van der Waals surface area contributed by atoms with Crippen molar-refractivity contribution in [2.45, 2.75) is 6.42 Å². The topological polar surface area (TPSA) is 40.9 Å². The Hall–Kier alpha value is -0.660. The summed E-state index contributed by atoms with van der Waals surface area (Å²) >= 11 is 6.45. The van der Waals surface area contributed by atoms with E-state index in [1.165, 1.54) is 0 Å². The molecule has 0 spiro atoms. The van der Waals surface area contributed by atoms with Gasteiger partial charge in [-0.25, -0.2) is 0 Å². The lowest BCUT2D eigenvalue weighted by atomic mass is 10.0. The molecule has 0 heterocycles. The first-order valence-electron chi connectivity index (χ1n) is 3.98. The molecule has 14 heavy (non-hydrogen) atoms. The smallest absolute Gasteiger partial charge is 0.165 e. The van der Waals surface area contributed by atoms with Crippen LogP contribution in [0.3, 0.4) is 0 Å². The highest BCUT2D eigenvalue weighted by molar-refractivity contribution is 9.10. The molecule has 0 aromatic heterocycles. The maximum Gasteiger partial charge on any atom is 0.165 e. The summed E-state index contributed by atoms with van der Waals surface area (Å²) in [4.78, 5) is 11.5. The number of halogens is 2. The molecule has 0 radical (unpaired) electrons. The molecule has 0 saturated carbocycles. The molecule has 0 saturated heterocycles. The van der Waals surface area contributed by atoms with Crippen molar-refractivity contribution in [3.8, 4) is 6.07 Å². The van der Waals surface area contributed by atoms with Crippen molar-refractivity contribution in [1.29, 1.82) is 5.26 Å². The molecule has 0 aliphatic carbocycles. The average Bonchev–Trinajstić information content (AvgIpc) is 2.17. The van der Waals surface area contributed by atoms with E-state index < -0.39 is 0 Å². The highest BCUT2D eigenvalue weighted by atomic mass is 79.9. The van der Waals surface area contributed by atoms with Crippen LogP contribution in [0.5, 0.6) is 0 Å². The molecule has 0 N–H and O–H groups in total. The summed E-state index contributed by atoms with van der Waals surface area (Å²) in [5, 5.41) is 9.44. The number of rotatable bonds is 3. The number of hydrogen-bond donors (Lipinski definition) is 0. The second-order valence-corrected chi connectivity index (χ2v) is 4.37. The largest absolute Gasteiger partial charge is 0.294 e. The standard InChI is InChI=1S/C10H7Br2NO/c11-4-3-10(14)9-2-1-8(12)5-7(9)6-13/h1-2,5H,3-4H2. The molecule has 0 atom stereocenters. The summed E-state index contributed by atoms with van der Waals surface area (Å²) in [5.74, 6) is -0.00840. The Labute approximate surface area is 99.2 Å². The van der Waals surface area contributed by atoms with Crippen molar-refractivity contribution in [3.05, 3.63) is 33.8 Å². The summed E-state index contributed by atoms with van der Waals surface area (Å²) in [6.45, 7) is 0. The van der Waals surface area contributed by atoms with E-state index in [1.54, 1.807) is 18.2 Å². The number of nitriles is 1. The first-order valence-corrected chi connectivity index (χ1v) is 5.89. The van der Waals surface area contributed by atoms with Crippen LogP contribution in [-0.4, -0.2) is 11.1 Å². The van der Waals surface area contributed by atoms with Crippen LogP contribution in [0.4, 0.5) is 0 Å². The van der Waals surface area contributed by atoms with Gasteiger partial charge in [-0.05, 0) is 18.2 Å². The Morgan fingerprint density at radius 1 is 1.50 bits per heavy atom. The maximum absolute atomic E-state index is 11.5. The Balaban J connectivity index is 3.09. The highest BCUT2D eigenvalue weighted by Crippen LogP contribution is 2.17. The molecule has 0 amide bonds. The first-order chi connectivity index (χ1) is 6.69. The van der Waals surface area contributed by atoms with Crippen molar-refractivity contribution in [2.24, 2.45) is 0 Å². The Morgan fingerprint density at radius 2 is 2.21 bits per heavy atom. The molecular weight excluding hydrogens is 310 g/mol. The zero-order chi connectivity index (χ0) is 10.6. The van der Waals surface area contributed by atoms with Crippen LogP contribution in [-0.2, 0) is 0 Å². The van der Waals surface area contributed by atoms with Gasteiger partial charge in [-0.1, -0.05) is 31.9 Å². The number of benzene rings is 1. The van der Waals surface area contributed by atoms with E-state index in [4.69, 9.17) is 5.26 Å². The summed E-state index contributed by atoms with van der Waals surface area (Å²) in [5.41, 5.74) is 0.917. The predicted molar refractivity (Wildman–Crippen MR) is 61.6 cm³/mol. The van der Waals surface area contributed by atoms with Gasteiger partial charge >= 0.3 is 0 Å². The molecule has 4 heteroatoms. The summed E-state index contributed by atoms with van der Waals surface area (Å²) < 4.78 is 0.810. The molecule has 1 rings (SSSR count). The van der Waals surface area contributed by atoms with Crippen molar-refractivity contribution in [3.63, 3.8) is 0 Å². The lowest BCUT2D eigenvalue weighted by Crippen LogP contribution is -2.02. The SMILES string of the molecule is N#Cc1cc(Br)ccc1C(=O)CCBr. The van der Waals surface area contributed by atoms with E-state index in [0.717, 1.165) is 4.47 Å². The minimum atomic E-state index is -0.00840. The Bertz CT molecular complexity index is 396. The third-order valence-corrected chi connectivity index (χ3v) is 2.61. The van der Waals surface area contributed by atoms with Gasteiger partial charge in [0, 0.05) is 21.8 Å². The summed E-state index contributed by atoms with van der Waals surface area (Å²) in [6, 6.07) is 7.10. The van der Waals surface area contributed by atoms with Gasteiger partial charge in [-0.3, -0.25) is 4.79 Å². The number of hydrogen-bond acceptors (Lipinski definition) is 2. The molecule has 0 unspecified atom stereocenters. The van der Waals surface area contributed by atoms with E-state index in [2.05, 4.69) is 31.9 Å². The van der Waals surface area contributed by atoms with E-state index in [0.29, 0.717) is 22.9 Å². The summed E-state index contributed by atoms with van der Waals surface area (Å²) in [6.07, 6.45) is 0.413. The van der Waals surface area contributed by atoms with Gasteiger partial charge in [-0.2, -0.15) is 5.26 Å². The number of Topliss-reactive ketones (excluding diaryl/α,β-unsaturated/α-hetero) is 1. The van der Waals surface area contributed by atoms with Crippen LogP contribution in [0.15, 0.2) is 22.7 Å². The van der Waals surface area contributed by atoms with Crippen LogP contribution in [0.25, 0.3) is 0 Å². The van der Waals surface area contributed by atoms with Gasteiger partial charge in [-0.15, -0.1) is 0 Å². The van der Waals surface area contributed by atoms with Crippen molar-refractivity contribution in [2.75, 3.05) is 5.33 Å². The van der Waals surface area contributed by atoms with Crippen LogP contribution in [0.1, 0.15) is 22.3 Å². The maximum atomic E-state index is 11.5. The number of carbonyl (C=O) groups excluding carboxylic acids is 1. The Kier molecular flexibility index (Phi) is 4.30. The predicted octanol–water partition coefficient (Wildman–Crippen LogP) is 3.29. The van der Waals surface area contributed by atoms with Gasteiger partial charge in [0.1, 0.15) is 0 Å². The lowest BCUT2D eigenvalue weighted by Gasteiger charge is -2.01. The van der Waals surface area contributed by atoms with Gasteiger partial charge in [0.05, 0.1) is 11.6 Å². The molecular formula is C10H7Br2NO. The monoisotopic (exact) mass is 315 g/mol. The summed E-state index contributed by atoms with van der Waals surface area (Å²) in [7, 11) is 0. The molecule has 0 aliphatic rings. The third kappa shape index (κ3) is 2.66. The fourth-order valence-electron chi connectivity index (χ4n) is 1.07. The molecule has 1 aromatic rings. The van der Waals surface area contributed by atoms with Gasteiger partial charge in [0.25, 0.3) is 0 Å². The Morgan fingerprint density at radius 3 is 2.79 bits per heavy atom. The molecule has 0 fully saturated rings. The van der Waals surface area contributed by atoms with Crippen molar-refractivity contribution >= 4 is 37.6 Å². The van der Waals surface area contributed by atoms with Crippen LogP contribution in [0, 0.1) is 11.3 Å². The second kappa shape index (κ2) is 5.28. The van der Waals surface area contributed by atoms with Crippen LogP contribution in [0.2, 0.25) is 0 Å². The fraction of sp³-hybridized carbons (Fsp3) is 0.200. The normalized spacial score (nSPS) is 9.50. The van der Waals surface area contributed by atoms with Crippen LogP contribution >= 0.6 is 31.9 Å². The average molecular weight is 317 g/mol. The van der Waals surface area contributed by atoms with Gasteiger partial charge in [0.2, 0.25) is 0 Å². The minimum absolute atomic E-state index is 0.00840. The number of alkyl halides is 1. The number of nitrogens with zero attached hydrogens (tertiary/aromatic N) is 1. The second-order valence-electron chi connectivity index (χ2n) is 2.66. The van der Waals surface area contributed by atoms with Crippen molar-refractivity contribution in [1.82, 2.24) is 0 Å². The minimum Gasteiger partial charge on any atom is -0.294 e. The molecule has 1 aromatic carbocycles. The highest BCUT2D eigenvalue weighted by Gasteiger charge is 2.10. The molecule has 72 valence electrons. The van der Waals surface area contributed by atoms with Gasteiger partial charge < -0.3 is 0 Å². The number of ketones is 1. The molecule has 2 nitrogen and oxygen atoms in total. The van der Waals surface area contributed by atoms with Crippen molar-refractivity contribution < 1.29 is 4.79 Å². The third-order valence-electron chi connectivity index (χ3n) is 1.72. The first kappa shape index (κ1) is 11.4.